The van der Waals surface area contributed by atoms with Gasteiger partial charge in [-0.2, -0.15) is 0 Å². The summed E-state index contributed by atoms with van der Waals surface area (Å²) >= 11 is 0. The van der Waals surface area contributed by atoms with Crippen LogP contribution < -0.4 is 11.3 Å². The van der Waals surface area contributed by atoms with Gasteiger partial charge in [0.2, 0.25) is 0 Å². The van der Waals surface area contributed by atoms with Crippen molar-refractivity contribution in [2.45, 2.75) is 70.3 Å². The summed E-state index contributed by atoms with van der Waals surface area (Å²) in [5.41, 5.74) is 4.92. The maximum Gasteiger partial charge on any atom is 0.0335 e. The second-order valence-corrected chi connectivity index (χ2v) is 6.30. The molecule has 1 saturated carbocycles. The van der Waals surface area contributed by atoms with Crippen LogP contribution in [0.2, 0.25) is 0 Å². The van der Waals surface area contributed by atoms with Crippen molar-refractivity contribution in [3.63, 3.8) is 0 Å². The van der Waals surface area contributed by atoms with Gasteiger partial charge in [-0.3, -0.25) is 11.3 Å². The van der Waals surface area contributed by atoms with Crippen LogP contribution in [0.25, 0.3) is 0 Å². The van der Waals surface area contributed by atoms with Crippen molar-refractivity contribution in [3.8, 4) is 0 Å². The molecule has 3 N–H and O–H groups in total. The third-order valence-corrected chi connectivity index (χ3v) is 5.39. The molecule has 1 unspecified atom stereocenters. The highest BCUT2D eigenvalue weighted by atomic mass is 15.2. The zero-order chi connectivity index (χ0) is 14.4. The van der Waals surface area contributed by atoms with E-state index in [2.05, 4.69) is 49.6 Å². The number of nitrogens with one attached hydrogen (secondary N) is 1. The SMILES string of the molecule is CCC(CC)C(NN)C1(c2ccccc2)CCCCC1. The zero-order valence-corrected chi connectivity index (χ0v) is 13.1. The number of rotatable bonds is 6. The van der Waals surface area contributed by atoms with Crippen molar-refractivity contribution >= 4 is 0 Å². The van der Waals surface area contributed by atoms with Gasteiger partial charge in [0.15, 0.2) is 0 Å². The van der Waals surface area contributed by atoms with E-state index >= 15 is 0 Å². The molecule has 0 radical (unpaired) electrons. The highest BCUT2D eigenvalue weighted by molar-refractivity contribution is 5.29. The lowest BCUT2D eigenvalue weighted by atomic mass is 9.61. The van der Waals surface area contributed by atoms with Crippen LogP contribution in [0.5, 0.6) is 0 Å². The molecule has 0 saturated heterocycles. The Bertz CT molecular complexity index is 378. The molecule has 2 heteroatoms. The Hall–Kier alpha value is -0.860. The lowest BCUT2D eigenvalue weighted by Gasteiger charge is -2.47. The minimum absolute atomic E-state index is 0.227. The van der Waals surface area contributed by atoms with E-state index in [1.807, 2.05) is 0 Å². The fourth-order valence-electron chi connectivity index (χ4n) is 4.24. The van der Waals surface area contributed by atoms with E-state index in [4.69, 9.17) is 5.84 Å². The van der Waals surface area contributed by atoms with Gasteiger partial charge in [-0.05, 0) is 24.3 Å². The molecule has 2 nitrogen and oxygen atoms in total. The second kappa shape index (κ2) is 7.24. The van der Waals surface area contributed by atoms with Crippen LogP contribution >= 0.6 is 0 Å². The van der Waals surface area contributed by atoms with E-state index in [9.17, 15) is 0 Å². The summed E-state index contributed by atoms with van der Waals surface area (Å²) in [5.74, 6) is 6.68. The monoisotopic (exact) mass is 274 g/mol. The summed E-state index contributed by atoms with van der Waals surface area (Å²) in [6.45, 7) is 4.58. The summed E-state index contributed by atoms with van der Waals surface area (Å²) in [5, 5.41) is 0. The van der Waals surface area contributed by atoms with Gasteiger partial charge in [0, 0.05) is 11.5 Å². The standard InChI is InChI=1S/C18H30N2/c1-3-15(4-2)17(20-19)18(13-9-6-10-14-18)16-11-7-5-8-12-16/h5,7-8,11-12,15,17,20H,3-4,6,9-10,13-14,19H2,1-2H3. The molecule has 0 spiro atoms. The van der Waals surface area contributed by atoms with Crippen LogP contribution in [-0.4, -0.2) is 6.04 Å². The molecule has 1 atom stereocenters. The van der Waals surface area contributed by atoms with E-state index in [1.54, 1.807) is 0 Å². The Kier molecular flexibility index (Phi) is 5.62. The van der Waals surface area contributed by atoms with Crippen molar-refractivity contribution in [2.75, 3.05) is 0 Å². The largest absolute Gasteiger partial charge is 0.271 e. The van der Waals surface area contributed by atoms with Gasteiger partial charge < -0.3 is 0 Å². The van der Waals surface area contributed by atoms with Crippen molar-refractivity contribution < 1.29 is 0 Å². The maximum absolute atomic E-state index is 6.03. The first-order chi connectivity index (χ1) is 9.78. The van der Waals surface area contributed by atoms with E-state index in [1.165, 1.54) is 50.5 Å². The van der Waals surface area contributed by atoms with Gasteiger partial charge in [-0.15, -0.1) is 0 Å². The summed E-state index contributed by atoms with van der Waals surface area (Å²) in [7, 11) is 0. The first-order valence-corrected chi connectivity index (χ1v) is 8.30. The normalized spacial score (nSPS) is 20.0. The van der Waals surface area contributed by atoms with Gasteiger partial charge in [-0.25, -0.2) is 0 Å². The highest BCUT2D eigenvalue weighted by Crippen LogP contribution is 2.45. The van der Waals surface area contributed by atoms with Crippen LogP contribution in [0.4, 0.5) is 0 Å². The number of hydrogen-bond donors (Lipinski definition) is 2. The van der Waals surface area contributed by atoms with E-state index in [-0.39, 0.29) is 5.41 Å². The summed E-state index contributed by atoms with van der Waals surface area (Å²) in [6, 6.07) is 11.5. The average molecular weight is 274 g/mol. The molecule has 0 heterocycles. The lowest BCUT2D eigenvalue weighted by Crippen LogP contribution is -2.56. The topological polar surface area (TPSA) is 38.0 Å². The quantitative estimate of drug-likeness (QED) is 0.604. The lowest BCUT2D eigenvalue weighted by molar-refractivity contribution is 0.155. The Morgan fingerprint density at radius 1 is 1.05 bits per heavy atom. The molecular weight excluding hydrogens is 244 g/mol. The molecule has 1 aliphatic rings. The van der Waals surface area contributed by atoms with Gasteiger partial charge in [0.05, 0.1) is 0 Å². The molecule has 0 aliphatic heterocycles. The zero-order valence-electron chi connectivity index (χ0n) is 13.1. The molecule has 1 aliphatic carbocycles. The minimum atomic E-state index is 0.227. The van der Waals surface area contributed by atoms with E-state index in [0.717, 1.165) is 0 Å². The molecule has 1 aromatic rings. The predicted octanol–water partition coefficient (Wildman–Crippen LogP) is 4.16. The number of hydrogen-bond acceptors (Lipinski definition) is 2. The molecule has 112 valence electrons. The second-order valence-electron chi connectivity index (χ2n) is 6.30. The molecule has 20 heavy (non-hydrogen) atoms. The third-order valence-electron chi connectivity index (χ3n) is 5.39. The Labute approximate surface area is 124 Å². The molecular formula is C18H30N2. The Morgan fingerprint density at radius 2 is 1.65 bits per heavy atom. The summed E-state index contributed by atoms with van der Waals surface area (Å²) in [6.07, 6.45) is 8.94. The first kappa shape index (κ1) is 15.5. The highest BCUT2D eigenvalue weighted by Gasteiger charge is 2.43. The average Bonchev–Trinajstić information content (AvgIpc) is 2.54. The molecule has 1 aromatic carbocycles. The van der Waals surface area contributed by atoms with Gasteiger partial charge in [-0.1, -0.05) is 76.3 Å². The van der Waals surface area contributed by atoms with Gasteiger partial charge >= 0.3 is 0 Å². The van der Waals surface area contributed by atoms with Crippen molar-refractivity contribution in [1.82, 2.24) is 5.43 Å². The van der Waals surface area contributed by atoms with Crippen LogP contribution in [0.3, 0.4) is 0 Å². The first-order valence-electron chi connectivity index (χ1n) is 8.30. The minimum Gasteiger partial charge on any atom is -0.271 e. The van der Waals surface area contributed by atoms with E-state index in [0.29, 0.717) is 12.0 Å². The van der Waals surface area contributed by atoms with Crippen molar-refractivity contribution in [1.29, 1.82) is 0 Å². The Balaban J connectivity index is 2.40. The van der Waals surface area contributed by atoms with Crippen LogP contribution in [-0.2, 0) is 5.41 Å². The predicted molar refractivity (Wildman–Crippen MR) is 86.4 cm³/mol. The molecule has 1 fully saturated rings. The van der Waals surface area contributed by atoms with Crippen LogP contribution in [0.1, 0.15) is 64.4 Å². The molecule has 2 rings (SSSR count). The fourth-order valence-corrected chi connectivity index (χ4v) is 4.24. The summed E-state index contributed by atoms with van der Waals surface area (Å²) < 4.78 is 0. The maximum atomic E-state index is 6.03. The smallest absolute Gasteiger partial charge is 0.0335 e. The Morgan fingerprint density at radius 3 is 2.15 bits per heavy atom. The number of hydrazine groups is 1. The third kappa shape index (κ3) is 2.91. The fraction of sp³-hybridized carbons (Fsp3) is 0.667. The van der Waals surface area contributed by atoms with Crippen LogP contribution in [0.15, 0.2) is 30.3 Å². The number of nitrogens with two attached hydrogens (primary N) is 1. The van der Waals surface area contributed by atoms with Gasteiger partial charge in [0.1, 0.15) is 0 Å². The number of benzene rings is 1. The molecule has 0 bridgehead atoms. The van der Waals surface area contributed by atoms with E-state index < -0.39 is 0 Å². The van der Waals surface area contributed by atoms with Crippen molar-refractivity contribution in [2.24, 2.45) is 11.8 Å². The molecule has 0 aromatic heterocycles. The van der Waals surface area contributed by atoms with Gasteiger partial charge in [0.25, 0.3) is 0 Å². The summed E-state index contributed by atoms with van der Waals surface area (Å²) in [4.78, 5) is 0. The van der Waals surface area contributed by atoms with Crippen molar-refractivity contribution in [3.05, 3.63) is 35.9 Å². The molecule has 0 amide bonds. The van der Waals surface area contributed by atoms with Crippen LogP contribution in [0, 0.1) is 5.92 Å².